The van der Waals surface area contributed by atoms with Crippen LogP contribution in [0.4, 0.5) is 0 Å². The summed E-state index contributed by atoms with van der Waals surface area (Å²) < 4.78 is 26.6. The molecule has 1 saturated heterocycles. The highest BCUT2D eigenvalue weighted by atomic mass is 32.2. The molecule has 1 unspecified atom stereocenters. The fraction of sp³-hybridized carbons (Fsp3) is 0.467. The van der Waals surface area contributed by atoms with Gasteiger partial charge in [0.15, 0.2) is 0 Å². The van der Waals surface area contributed by atoms with Crippen molar-refractivity contribution >= 4 is 21.9 Å². The minimum absolute atomic E-state index is 0.0104. The van der Waals surface area contributed by atoms with Crippen LogP contribution < -0.4 is 0 Å². The van der Waals surface area contributed by atoms with E-state index < -0.39 is 21.9 Å². The molecule has 1 heterocycles. The first-order valence-electron chi connectivity index (χ1n) is 7.28. The van der Waals surface area contributed by atoms with Gasteiger partial charge in [0.1, 0.15) is 0 Å². The number of aliphatic carboxylic acids is 1. The number of hydrogen-bond donors (Lipinski definition) is 1. The summed E-state index contributed by atoms with van der Waals surface area (Å²) in [4.78, 5) is 24.5. The topological polar surface area (TPSA) is 95.0 Å². The zero-order valence-electron chi connectivity index (χ0n) is 13.1. The van der Waals surface area contributed by atoms with Crippen LogP contribution in [0.5, 0.6) is 0 Å². The van der Waals surface area contributed by atoms with Crippen LogP contribution in [0.2, 0.25) is 0 Å². The van der Waals surface area contributed by atoms with Gasteiger partial charge in [-0.15, -0.1) is 0 Å². The Morgan fingerprint density at radius 1 is 1.30 bits per heavy atom. The summed E-state index contributed by atoms with van der Waals surface area (Å²) >= 11 is 0. The third-order valence-corrected chi connectivity index (χ3v) is 5.72. The van der Waals surface area contributed by atoms with Gasteiger partial charge in [0, 0.05) is 32.7 Å². The van der Waals surface area contributed by atoms with Crippen LogP contribution in [0, 0.1) is 5.92 Å². The fourth-order valence-electron chi connectivity index (χ4n) is 2.56. The average molecular weight is 340 g/mol. The van der Waals surface area contributed by atoms with Gasteiger partial charge in [-0.25, -0.2) is 8.42 Å². The normalized spacial score (nSPS) is 19.3. The van der Waals surface area contributed by atoms with E-state index >= 15 is 0 Å². The third kappa shape index (κ3) is 3.70. The Balaban J connectivity index is 2.31. The summed E-state index contributed by atoms with van der Waals surface area (Å²) in [5.41, 5.74) is 0.280. The molecule has 1 aromatic rings. The Hall–Kier alpha value is -1.93. The number of carboxylic acids is 1. The summed E-state index contributed by atoms with van der Waals surface area (Å²) in [6, 6.07) is 5.83. The number of rotatable bonds is 4. The van der Waals surface area contributed by atoms with Gasteiger partial charge in [-0.05, 0) is 31.0 Å². The molecule has 1 fully saturated rings. The summed E-state index contributed by atoms with van der Waals surface area (Å²) in [6.07, 6.45) is 0.979. The lowest BCUT2D eigenvalue weighted by Gasteiger charge is -2.29. The molecule has 126 valence electrons. The first kappa shape index (κ1) is 17.4. The summed E-state index contributed by atoms with van der Waals surface area (Å²) in [7, 11) is -0.633. The van der Waals surface area contributed by atoms with Gasteiger partial charge in [-0.3, -0.25) is 9.59 Å². The van der Waals surface area contributed by atoms with Crippen LogP contribution in [-0.4, -0.2) is 61.8 Å². The zero-order chi connectivity index (χ0) is 17.2. The highest BCUT2D eigenvalue weighted by Gasteiger charge is 2.33. The minimum atomic E-state index is -3.81. The van der Waals surface area contributed by atoms with Gasteiger partial charge >= 0.3 is 5.97 Å². The standard InChI is InChI=1S/C15H20N2O5S/c1-16(2)14(18)11-5-3-7-13(9-11)23(21,22)17-8-4-6-12(10-17)15(19)20/h3,5,7,9,12H,4,6,8,10H2,1-2H3,(H,19,20). The van der Waals surface area contributed by atoms with E-state index in [-0.39, 0.29) is 29.5 Å². The summed E-state index contributed by atoms with van der Waals surface area (Å²) in [6.45, 7) is 0.251. The van der Waals surface area contributed by atoms with Gasteiger partial charge in [-0.2, -0.15) is 4.31 Å². The molecule has 0 saturated carbocycles. The van der Waals surface area contributed by atoms with E-state index in [9.17, 15) is 18.0 Å². The molecule has 0 radical (unpaired) electrons. The Labute approximate surface area is 135 Å². The number of nitrogens with zero attached hydrogens (tertiary/aromatic N) is 2. The smallest absolute Gasteiger partial charge is 0.307 e. The molecule has 7 nitrogen and oxygen atoms in total. The number of hydrogen-bond acceptors (Lipinski definition) is 4. The second-order valence-corrected chi connectivity index (χ2v) is 7.71. The lowest BCUT2D eigenvalue weighted by molar-refractivity contribution is -0.142. The van der Waals surface area contributed by atoms with E-state index in [1.807, 2.05) is 0 Å². The van der Waals surface area contributed by atoms with Gasteiger partial charge in [0.05, 0.1) is 10.8 Å². The number of benzene rings is 1. The molecule has 0 spiro atoms. The number of carboxylic acid groups (broad SMARTS) is 1. The van der Waals surface area contributed by atoms with E-state index in [1.54, 1.807) is 20.2 Å². The highest BCUT2D eigenvalue weighted by Crippen LogP contribution is 2.24. The molecular weight excluding hydrogens is 320 g/mol. The van der Waals surface area contributed by atoms with Crippen molar-refractivity contribution in [2.24, 2.45) is 5.92 Å². The maximum atomic E-state index is 12.7. The lowest BCUT2D eigenvalue weighted by atomic mass is 10.0. The van der Waals surface area contributed by atoms with Crippen LogP contribution in [0.1, 0.15) is 23.2 Å². The summed E-state index contributed by atoms with van der Waals surface area (Å²) in [5.74, 6) is -1.96. The molecule has 23 heavy (non-hydrogen) atoms. The number of carbonyl (C=O) groups is 2. The maximum absolute atomic E-state index is 12.7. The van der Waals surface area contributed by atoms with Crippen molar-refractivity contribution in [1.29, 1.82) is 0 Å². The Kier molecular flexibility index (Phi) is 5.06. The number of piperidine rings is 1. The van der Waals surface area contributed by atoms with Crippen molar-refractivity contribution in [3.8, 4) is 0 Å². The summed E-state index contributed by atoms with van der Waals surface area (Å²) in [5, 5.41) is 9.10. The number of sulfonamides is 1. The fourth-order valence-corrected chi connectivity index (χ4v) is 4.13. The molecule has 1 aliphatic heterocycles. The van der Waals surface area contributed by atoms with E-state index in [0.717, 1.165) is 0 Å². The first-order chi connectivity index (χ1) is 10.7. The Morgan fingerprint density at radius 2 is 2.00 bits per heavy atom. The van der Waals surface area contributed by atoms with Crippen LogP contribution in [0.25, 0.3) is 0 Å². The van der Waals surface area contributed by atoms with E-state index in [0.29, 0.717) is 12.8 Å². The van der Waals surface area contributed by atoms with Gasteiger partial charge < -0.3 is 10.0 Å². The van der Waals surface area contributed by atoms with Crippen molar-refractivity contribution < 1.29 is 23.1 Å². The van der Waals surface area contributed by atoms with Crippen molar-refractivity contribution in [2.45, 2.75) is 17.7 Å². The molecule has 1 amide bonds. The molecule has 0 aromatic heterocycles. The highest BCUT2D eigenvalue weighted by molar-refractivity contribution is 7.89. The largest absolute Gasteiger partial charge is 0.481 e. The van der Waals surface area contributed by atoms with Crippen LogP contribution in [-0.2, 0) is 14.8 Å². The molecular formula is C15H20N2O5S. The Bertz CT molecular complexity index is 714. The molecule has 1 N–H and O–H groups in total. The van der Waals surface area contributed by atoms with Crippen LogP contribution >= 0.6 is 0 Å². The maximum Gasteiger partial charge on any atom is 0.307 e. The van der Waals surface area contributed by atoms with Gasteiger partial charge in [0.25, 0.3) is 5.91 Å². The first-order valence-corrected chi connectivity index (χ1v) is 8.72. The quantitative estimate of drug-likeness (QED) is 0.878. The second-order valence-electron chi connectivity index (χ2n) is 5.77. The minimum Gasteiger partial charge on any atom is -0.481 e. The number of amides is 1. The van der Waals surface area contributed by atoms with Crippen LogP contribution in [0.3, 0.4) is 0 Å². The van der Waals surface area contributed by atoms with Crippen molar-refractivity contribution in [3.63, 3.8) is 0 Å². The van der Waals surface area contributed by atoms with E-state index in [4.69, 9.17) is 5.11 Å². The molecule has 0 aliphatic carbocycles. The van der Waals surface area contributed by atoms with E-state index in [1.165, 1.54) is 27.4 Å². The van der Waals surface area contributed by atoms with Crippen LogP contribution in [0.15, 0.2) is 29.2 Å². The SMILES string of the molecule is CN(C)C(=O)c1cccc(S(=O)(=O)N2CCCC(C(=O)O)C2)c1. The van der Waals surface area contributed by atoms with Crippen molar-refractivity contribution in [1.82, 2.24) is 9.21 Å². The molecule has 1 atom stereocenters. The lowest BCUT2D eigenvalue weighted by Crippen LogP contribution is -2.42. The van der Waals surface area contributed by atoms with Gasteiger partial charge in [0.2, 0.25) is 10.0 Å². The Morgan fingerprint density at radius 3 is 2.61 bits per heavy atom. The predicted molar refractivity (Wildman–Crippen MR) is 83.6 cm³/mol. The third-order valence-electron chi connectivity index (χ3n) is 3.86. The molecule has 1 aliphatic rings. The van der Waals surface area contributed by atoms with Crippen molar-refractivity contribution in [3.05, 3.63) is 29.8 Å². The van der Waals surface area contributed by atoms with Gasteiger partial charge in [-0.1, -0.05) is 6.07 Å². The second kappa shape index (κ2) is 6.67. The van der Waals surface area contributed by atoms with Crippen molar-refractivity contribution in [2.75, 3.05) is 27.2 Å². The zero-order valence-corrected chi connectivity index (χ0v) is 13.9. The molecule has 0 bridgehead atoms. The molecule has 2 rings (SSSR count). The average Bonchev–Trinajstić information content (AvgIpc) is 2.54. The number of carbonyl (C=O) groups excluding carboxylic acids is 1. The monoisotopic (exact) mass is 340 g/mol. The van der Waals surface area contributed by atoms with E-state index in [2.05, 4.69) is 0 Å². The predicted octanol–water partition coefficient (Wildman–Crippen LogP) is 0.874. The molecule has 8 heteroatoms. The molecule has 1 aromatic carbocycles.